The van der Waals surface area contributed by atoms with Crippen molar-refractivity contribution in [1.29, 1.82) is 0 Å². The fourth-order valence-electron chi connectivity index (χ4n) is 6.69. The Morgan fingerprint density at radius 2 is 2.02 bits per heavy atom. The van der Waals surface area contributed by atoms with Crippen molar-refractivity contribution in [1.82, 2.24) is 14.9 Å². The van der Waals surface area contributed by atoms with E-state index in [-0.39, 0.29) is 60.5 Å². The maximum Gasteiger partial charge on any atom is 0.343 e. The normalized spacial score (nSPS) is 23.3. The third-order valence-corrected chi connectivity index (χ3v) is 9.19. The van der Waals surface area contributed by atoms with E-state index in [4.69, 9.17) is 9.72 Å². The van der Waals surface area contributed by atoms with Crippen LogP contribution in [-0.2, 0) is 39.5 Å². The first kappa shape index (κ1) is 25.3. The number of aromatic nitrogens is 2. The molecule has 9 nitrogen and oxygen atoms in total. The van der Waals surface area contributed by atoms with E-state index in [1.54, 1.807) is 24.5 Å². The number of pyridine rings is 2. The van der Waals surface area contributed by atoms with Crippen molar-refractivity contribution in [2.24, 2.45) is 11.8 Å². The fraction of sp³-hybridized carbons (Fsp3) is 0.467. The molecule has 2 aliphatic heterocycles. The predicted molar refractivity (Wildman–Crippen MR) is 142 cm³/mol. The quantitative estimate of drug-likeness (QED) is 0.328. The molecule has 4 heterocycles. The van der Waals surface area contributed by atoms with E-state index in [1.165, 1.54) is 6.07 Å². The first-order valence-corrected chi connectivity index (χ1v) is 13.8. The fourth-order valence-corrected chi connectivity index (χ4v) is 6.69. The monoisotopic (exact) mass is 547 g/mol. The van der Waals surface area contributed by atoms with E-state index in [2.05, 4.69) is 5.32 Å². The van der Waals surface area contributed by atoms with Crippen LogP contribution in [0.25, 0.3) is 22.3 Å². The van der Waals surface area contributed by atoms with E-state index < -0.39 is 23.5 Å². The van der Waals surface area contributed by atoms with E-state index in [1.807, 2.05) is 0 Å². The summed E-state index contributed by atoms with van der Waals surface area (Å²) in [5.41, 5.74) is 2.49. The molecular weight excluding hydrogens is 517 g/mol. The maximum atomic E-state index is 15.0. The molecular formula is C30H30FN3O6. The van der Waals surface area contributed by atoms with Crippen LogP contribution in [0.15, 0.2) is 16.9 Å². The van der Waals surface area contributed by atoms with Gasteiger partial charge in [0.2, 0.25) is 5.91 Å². The first-order chi connectivity index (χ1) is 19.1. The number of halogens is 1. The Morgan fingerprint density at radius 3 is 2.75 bits per heavy atom. The van der Waals surface area contributed by atoms with Gasteiger partial charge in [0, 0.05) is 22.6 Å². The molecule has 10 heteroatoms. The number of rotatable bonds is 5. The van der Waals surface area contributed by atoms with E-state index >= 15 is 4.39 Å². The third-order valence-electron chi connectivity index (χ3n) is 9.19. The van der Waals surface area contributed by atoms with Gasteiger partial charge in [-0.1, -0.05) is 19.8 Å². The number of aliphatic hydroxyl groups excluding tert-OH is 1. The lowest BCUT2D eigenvalue weighted by Crippen LogP contribution is -2.45. The van der Waals surface area contributed by atoms with Gasteiger partial charge in [0.05, 0.1) is 47.6 Å². The van der Waals surface area contributed by atoms with Crippen molar-refractivity contribution in [2.75, 3.05) is 6.61 Å². The van der Waals surface area contributed by atoms with Crippen LogP contribution < -0.4 is 10.9 Å². The van der Waals surface area contributed by atoms with Gasteiger partial charge in [0.25, 0.3) is 5.56 Å². The highest BCUT2D eigenvalue weighted by Gasteiger charge is 2.49. The molecule has 7 rings (SSSR count). The summed E-state index contributed by atoms with van der Waals surface area (Å²) in [5, 5.41) is 24.9. The van der Waals surface area contributed by atoms with Gasteiger partial charge < -0.3 is 24.8 Å². The van der Waals surface area contributed by atoms with Crippen LogP contribution in [0.1, 0.15) is 72.0 Å². The summed E-state index contributed by atoms with van der Waals surface area (Å²) in [5.74, 6) is -1.83. The standard InChI is InChI=1S/C30H30FN3O6/c1-13(11-35)27(36)33-21-6-5-16-14(2)20(31)8-22-24(16)25(21)17-10-34-23(26(17)32-22)7-19-18(28(34)37)12-40-29(38)30(19,39)9-15-3-4-15/h7-8,13,15,21,35,39H,3-6,9-12H2,1-2H3,(H,33,36)/t13-,21-,30-/m0/s1. The summed E-state index contributed by atoms with van der Waals surface area (Å²) in [6.45, 7) is 3.05. The van der Waals surface area contributed by atoms with E-state index in [0.717, 1.165) is 34.9 Å². The molecule has 0 radical (unpaired) electrons. The highest BCUT2D eigenvalue weighted by molar-refractivity contribution is 5.94. The summed E-state index contributed by atoms with van der Waals surface area (Å²) < 4.78 is 21.9. The molecule has 208 valence electrons. The molecule has 1 amide bonds. The molecule has 3 atom stereocenters. The van der Waals surface area contributed by atoms with Crippen molar-refractivity contribution in [3.8, 4) is 11.4 Å². The minimum Gasteiger partial charge on any atom is -0.458 e. The van der Waals surface area contributed by atoms with Gasteiger partial charge >= 0.3 is 5.97 Å². The van der Waals surface area contributed by atoms with Crippen molar-refractivity contribution >= 4 is 22.8 Å². The molecule has 3 N–H and O–H groups in total. The van der Waals surface area contributed by atoms with Gasteiger partial charge in [-0.25, -0.2) is 14.2 Å². The van der Waals surface area contributed by atoms with Gasteiger partial charge in [-0.2, -0.15) is 0 Å². The lowest BCUT2D eigenvalue weighted by atomic mass is 9.81. The second-order valence-corrected chi connectivity index (χ2v) is 11.8. The van der Waals surface area contributed by atoms with Crippen LogP contribution in [-0.4, -0.2) is 38.2 Å². The van der Waals surface area contributed by atoms with E-state index in [9.17, 15) is 24.6 Å². The summed E-state index contributed by atoms with van der Waals surface area (Å²) >= 11 is 0. The number of nitrogens with zero attached hydrogens (tertiary/aromatic N) is 2. The van der Waals surface area contributed by atoms with Crippen LogP contribution >= 0.6 is 0 Å². The van der Waals surface area contributed by atoms with Gasteiger partial charge in [0.15, 0.2) is 5.60 Å². The third kappa shape index (κ3) is 3.51. The summed E-state index contributed by atoms with van der Waals surface area (Å²) in [7, 11) is 0. The van der Waals surface area contributed by atoms with Crippen molar-refractivity contribution in [3.05, 3.63) is 61.7 Å². The van der Waals surface area contributed by atoms with Crippen molar-refractivity contribution in [2.45, 2.75) is 70.7 Å². The Labute approximate surface area is 229 Å². The molecule has 3 aromatic rings. The minimum absolute atomic E-state index is 0.182. The first-order valence-electron chi connectivity index (χ1n) is 13.8. The molecule has 40 heavy (non-hydrogen) atoms. The predicted octanol–water partition coefficient (Wildman–Crippen LogP) is 2.65. The molecule has 1 fully saturated rings. The number of benzene rings is 1. The van der Waals surface area contributed by atoms with Crippen LogP contribution in [0.5, 0.6) is 0 Å². The second-order valence-electron chi connectivity index (χ2n) is 11.8. The number of nitrogens with one attached hydrogen (secondary N) is 1. The zero-order valence-electron chi connectivity index (χ0n) is 22.3. The Hall–Kier alpha value is -3.63. The Kier molecular flexibility index (Phi) is 5.50. The Balaban J connectivity index is 1.46. The highest BCUT2D eigenvalue weighted by atomic mass is 19.1. The average molecular weight is 548 g/mol. The molecule has 1 saturated carbocycles. The molecule has 1 aromatic carbocycles. The lowest BCUT2D eigenvalue weighted by molar-refractivity contribution is -0.173. The second kappa shape index (κ2) is 8.68. The molecule has 2 aromatic heterocycles. The van der Waals surface area contributed by atoms with Gasteiger partial charge in [0.1, 0.15) is 12.4 Å². The molecule has 0 bridgehead atoms. The van der Waals surface area contributed by atoms with E-state index in [0.29, 0.717) is 35.3 Å². The summed E-state index contributed by atoms with van der Waals surface area (Å²) in [6, 6.07) is 2.64. The van der Waals surface area contributed by atoms with Crippen LogP contribution in [0.3, 0.4) is 0 Å². The van der Waals surface area contributed by atoms with Gasteiger partial charge in [-0.3, -0.25) is 9.59 Å². The number of hydrogen-bond acceptors (Lipinski definition) is 7. The number of aliphatic hydroxyl groups is 2. The molecule has 4 aliphatic rings. The number of fused-ring (bicyclic) bond motifs is 5. The van der Waals surface area contributed by atoms with Crippen LogP contribution in [0.2, 0.25) is 0 Å². The maximum absolute atomic E-state index is 15.0. The van der Waals surface area contributed by atoms with Crippen molar-refractivity contribution < 1.29 is 28.9 Å². The Morgan fingerprint density at radius 1 is 1.25 bits per heavy atom. The zero-order valence-corrected chi connectivity index (χ0v) is 22.3. The molecule has 0 unspecified atom stereocenters. The number of amides is 1. The number of esters is 1. The SMILES string of the molecule is Cc1c(F)cc2nc3c(c4c2c1CC[C@@H]4NC(=O)[C@@H](C)CO)Cn1c-3cc2c(c1=O)COC(=O)[C@]2(O)CC1CC1. The largest absolute Gasteiger partial charge is 0.458 e. The summed E-state index contributed by atoms with van der Waals surface area (Å²) in [4.78, 5) is 44.3. The van der Waals surface area contributed by atoms with Crippen LogP contribution in [0.4, 0.5) is 4.39 Å². The number of carbonyl (C=O) groups excluding carboxylic acids is 2. The summed E-state index contributed by atoms with van der Waals surface area (Å²) in [6.07, 6.45) is 3.07. The number of ether oxygens (including phenoxy) is 1. The van der Waals surface area contributed by atoms with Gasteiger partial charge in [-0.05, 0) is 54.9 Å². The highest BCUT2D eigenvalue weighted by Crippen LogP contribution is 2.47. The smallest absolute Gasteiger partial charge is 0.343 e. The zero-order chi connectivity index (χ0) is 28.1. The Bertz CT molecular complexity index is 1710. The molecule has 2 aliphatic carbocycles. The number of aryl methyl sites for hydroxylation is 1. The topological polar surface area (TPSA) is 131 Å². The molecule has 0 saturated heterocycles. The lowest BCUT2D eigenvalue weighted by Gasteiger charge is -2.32. The number of carbonyl (C=O) groups is 2. The van der Waals surface area contributed by atoms with Gasteiger partial charge in [-0.15, -0.1) is 0 Å². The minimum atomic E-state index is -1.91. The number of hydrogen-bond donors (Lipinski definition) is 3. The van der Waals surface area contributed by atoms with Crippen LogP contribution in [0, 0.1) is 24.6 Å². The average Bonchev–Trinajstić information content (AvgIpc) is 3.67. The number of cyclic esters (lactones) is 1. The van der Waals surface area contributed by atoms with Crippen molar-refractivity contribution in [3.63, 3.8) is 0 Å². The molecule has 0 spiro atoms.